The zero-order valence-corrected chi connectivity index (χ0v) is 10.6. The van der Waals surface area contributed by atoms with E-state index in [0.717, 1.165) is 17.5 Å². The Morgan fingerprint density at radius 1 is 1.33 bits per heavy atom. The first-order chi connectivity index (χ1) is 8.36. The molecule has 1 aromatic rings. The van der Waals surface area contributed by atoms with Gasteiger partial charge >= 0.3 is 6.18 Å². The van der Waals surface area contributed by atoms with Crippen molar-refractivity contribution in [2.75, 3.05) is 6.61 Å². The van der Waals surface area contributed by atoms with E-state index in [4.69, 9.17) is 10.5 Å². The minimum Gasteiger partial charge on any atom is -0.493 e. The Morgan fingerprint density at radius 2 is 2.00 bits per heavy atom. The van der Waals surface area contributed by atoms with Crippen molar-refractivity contribution in [3.63, 3.8) is 0 Å². The summed E-state index contributed by atoms with van der Waals surface area (Å²) in [4.78, 5) is 0. The molecular weight excluding hydrogens is 243 g/mol. The summed E-state index contributed by atoms with van der Waals surface area (Å²) in [6.07, 6.45) is -3.81. The summed E-state index contributed by atoms with van der Waals surface area (Å²) in [5.41, 5.74) is 7.12. The number of rotatable bonds is 5. The van der Waals surface area contributed by atoms with E-state index >= 15 is 0 Å². The van der Waals surface area contributed by atoms with Crippen LogP contribution in [0.2, 0.25) is 0 Å². The van der Waals surface area contributed by atoms with Gasteiger partial charge < -0.3 is 10.5 Å². The minimum absolute atomic E-state index is 0.0306. The van der Waals surface area contributed by atoms with Crippen molar-refractivity contribution in [1.82, 2.24) is 0 Å². The predicted molar refractivity (Wildman–Crippen MR) is 64.7 cm³/mol. The maximum Gasteiger partial charge on any atom is 0.403 e. The average molecular weight is 261 g/mol. The second-order valence-corrected chi connectivity index (χ2v) is 4.19. The van der Waals surface area contributed by atoms with Crippen LogP contribution in [0.3, 0.4) is 0 Å². The molecule has 0 saturated heterocycles. The molecular formula is C13H18F3NO. The lowest BCUT2D eigenvalue weighted by atomic mass is 10.1. The van der Waals surface area contributed by atoms with Gasteiger partial charge in [0.05, 0.1) is 6.61 Å². The van der Waals surface area contributed by atoms with Gasteiger partial charge in [0.25, 0.3) is 0 Å². The molecule has 1 unspecified atom stereocenters. The van der Waals surface area contributed by atoms with Crippen LogP contribution in [0.25, 0.3) is 0 Å². The second-order valence-electron chi connectivity index (χ2n) is 4.19. The molecule has 0 heterocycles. The molecule has 2 nitrogen and oxygen atoms in total. The fourth-order valence-electron chi connectivity index (χ4n) is 1.72. The zero-order valence-electron chi connectivity index (χ0n) is 10.6. The quantitative estimate of drug-likeness (QED) is 0.883. The molecule has 0 aromatic heterocycles. The summed E-state index contributed by atoms with van der Waals surface area (Å²) in [5, 5.41) is 0. The highest BCUT2D eigenvalue weighted by Gasteiger charge is 2.36. The van der Waals surface area contributed by atoms with E-state index in [1.165, 1.54) is 0 Å². The summed E-state index contributed by atoms with van der Waals surface area (Å²) < 4.78 is 42.0. The molecule has 1 aromatic carbocycles. The van der Waals surface area contributed by atoms with Crippen LogP contribution in [-0.2, 0) is 6.42 Å². The molecule has 1 atom stereocenters. The summed E-state index contributed by atoms with van der Waals surface area (Å²) in [5.74, 6) is 0.645. The summed E-state index contributed by atoms with van der Waals surface area (Å²) in [7, 11) is 0. The van der Waals surface area contributed by atoms with E-state index in [1.807, 2.05) is 26.0 Å². The molecule has 0 radical (unpaired) electrons. The van der Waals surface area contributed by atoms with Gasteiger partial charge in [-0.15, -0.1) is 0 Å². The Balaban J connectivity index is 2.57. The van der Waals surface area contributed by atoms with Crippen LogP contribution in [0.15, 0.2) is 18.2 Å². The van der Waals surface area contributed by atoms with E-state index in [1.54, 1.807) is 6.07 Å². The Bertz CT molecular complexity index is 390. The number of alkyl halides is 3. The van der Waals surface area contributed by atoms with Crippen molar-refractivity contribution < 1.29 is 17.9 Å². The van der Waals surface area contributed by atoms with Crippen molar-refractivity contribution in [2.45, 2.75) is 38.9 Å². The van der Waals surface area contributed by atoms with Crippen molar-refractivity contribution in [1.29, 1.82) is 0 Å². The fraction of sp³-hybridized carbons (Fsp3) is 0.538. The normalized spacial score (nSPS) is 13.4. The van der Waals surface area contributed by atoms with Crippen LogP contribution in [0.5, 0.6) is 5.75 Å². The largest absolute Gasteiger partial charge is 0.493 e. The zero-order chi connectivity index (χ0) is 13.8. The van der Waals surface area contributed by atoms with Crippen molar-refractivity contribution in [3.8, 4) is 5.75 Å². The maximum absolute atomic E-state index is 12.2. The highest BCUT2D eigenvalue weighted by atomic mass is 19.4. The molecule has 0 spiro atoms. The van der Waals surface area contributed by atoms with E-state index in [9.17, 15) is 13.2 Å². The van der Waals surface area contributed by atoms with Crippen molar-refractivity contribution >= 4 is 0 Å². The lowest BCUT2D eigenvalue weighted by molar-refractivity contribution is -0.150. The highest BCUT2D eigenvalue weighted by Crippen LogP contribution is 2.24. The number of hydrogen-bond donors (Lipinski definition) is 1. The summed E-state index contributed by atoms with van der Waals surface area (Å²) in [6, 6.07) is 3.72. The molecule has 0 aliphatic heterocycles. The topological polar surface area (TPSA) is 35.2 Å². The number of benzene rings is 1. The van der Waals surface area contributed by atoms with Gasteiger partial charge in [0.2, 0.25) is 0 Å². The maximum atomic E-state index is 12.2. The molecule has 2 N–H and O–H groups in total. The number of halogens is 3. The first kappa shape index (κ1) is 14.8. The Hall–Kier alpha value is -1.23. The third kappa shape index (κ3) is 3.91. The second kappa shape index (κ2) is 6.09. The molecule has 0 saturated carbocycles. The number of aryl methyl sites for hydroxylation is 1. The Labute approximate surface area is 105 Å². The molecule has 0 bridgehead atoms. The van der Waals surface area contributed by atoms with Gasteiger partial charge in [0.1, 0.15) is 11.8 Å². The lowest BCUT2D eigenvalue weighted by Gasteiger charge is -2.17. The van der Waals surface area contributed by atoms with Crippen LogP contribution in [-0.4, -0.2) is 18.8 Å². The van der Waals surface area contributed by atoms with Crippen LogP contribution in [0, 0.1) is 6.92 Å². The molecule has 1 rings (SSSR count). The SMILES string of the molecule is CCc1c(C)cccc1OCCC(N)C(F)(F)F. The molecule has 102 valence electrons. The Kier molecular flexibility index (Phi) is 5.02. The molecule has 18 heavy (non-hydrogen) atoms. The number of hydrogen-bond acceptors (Lipinski definition) is 2. The fourth-order valence-corrected chi connectivity index (χ4v) is 1.72. The minimum atomic E-state index is -4.36. The van der Waals surface area contributed by atoms with Crippen molar-refractivity contribution in [2.24, 2.45) is 5.73 Å². The van der Waals surface area contributed by atoms with Crippen LogP contribution in [0.1, 0.15) is 24.5 Å². The smallest absolute Gasteiger partial charge is 0.403 e. The van der Waals surface area contributed by atoms with E-state index < -0.39 is 12.2 Å². The molecule has 0 aliphatic carbocycles. The van der Waals surface area contributed by atoms with Gasteiger partial charge in [-0.3, -0.25) is 0 Å². The van der Waals surface area contributed by atoms with E-state index in [-0.39, 0.29) is 13.0 Å². The predicted octanol–water partition coefficient (Wildman–Crippen LogP) is 3.22. The lowest BCUT2D eigenvalue weighted by Crippen LogP contribution is -2.38. The third-order valence-corrected chi connectivity index (χ3v) is 2.83. The highest BCUT2D eigenvalue weighted by molar-refractivity contribution is 5.39. The van der Waals surface area contributed by atoms with Crippen LogP contribution < -0.4 is 10.5 Å². The molecule has 0 amide bonds. The summed E-state index contributed by atoms with van der Waals surface area (Å²) >= 11 is 0. The van der Waals surface area contributed by atoms with Crippen molar-refractivity contribution in [3.05, 3.63) is 29.3 Å². The van der Waals surface area contributed by atoms with Gasteiger partial charge in [0, 0.05) is 6.42 Å². The number of ether oxygens (including phenoxy) is 1. The average Bonchev–Trinajstić information content (AvgIpc) is 2.28. The standard InChI is InChI=1S/C13H18F3NO/c1-3-10-9(2)5-4-6-11(10)18-8-7-12(17)13(14,15)16/h4-6,12H,3,7-8,17H2,1-2H3. The first-order valence-corrected chi connectivity index (χ1v) is 5.89. The van der Waals surface area contributed by atoms with Gasteiger partial charge in [0.15, 0.2) is 0 Å². The van der Waals surface area contributed by atoms with E-state index in [2.05, 4.69) is 0 Å². The summed E-state index contributed by atoms with van der Waals surface area (Å²) in [6.45, 7) is 3.90. The van der Waals surface area contributed by atoms with Gasteiger partial charge in [-0.1, -0.05) is 19.1 Å². The Morgan fingerprint density at radius 3 is 2.56 bits per heavy atom. The molecule has 0 fully saturated rings. The monoisotopic (exact) mass is 261 g/mol. The number of nitrogens with two attached hydrogens (primary N) is 1. The van der Waals surface area contributed by atoms with Crippen LogP contribution in [0.4, 0.5) is 13.2 Å². The van der Waals surface area contributed by atoms with Gasteiger partial charge in [-0.2, -0.15) is 13.2 Å². The van der Waals surface area contributed by atoms with Crippen LogP contribution >= 0.6 is 0 Å². The van der Waals surface area contributed by atoms with Gasteiger partial charge in [-0.05, 0) is 30.5 Å². The molecule has 5 heteroatoms. The first-order valence-electron chi connectivity index (χ1n) is 5.89. The third-order valence-electron chi connectivity index (χ3n) is 2.83. The van der Waals surface area contributed by atoms with Gasteiger partial charge in [-0.25, -0.2) is 0 Å². The molecule has 0 aliphatic rings. The van der Waals surface area contributed by atoms with E-state index in [0.29, 0.717) is 5.75 Å².